The number of carbonyl (C=O) groups excluding carboxylic acids is 3. The molecule has 178 valence electrons. The normalized spacial score (nSPS) is 23.8. The van der Waals surface area contributed by atoms with Gasteiger partial charge in [0.1, 0.15) is 12.1 Å². The molecule has 1 amide bonds. The fourth-order valence-electron chi connectivity index (χ4n) is 3.87. The maximum atomic E-state index is 13.0. The zero-order valence-electron chi connectivity index (χ0n) is 19.5. The molecule has 0 unspecified atom stereocenters. The number of ether oxygens (including phenoxy) is 4. The Kier molecular flexibility index (Phi) is 9.90. The van der Waals surface area contributed by atoms with Crippen molar-refractivity contribution in [3.8, 4) is 11.5 Å². The minimum Gasteiger partial charge on any atom is -0.493 e. The van der Waals surface area contributed by atoms with Crippen molar-refractivity contribution in [2.75, 3.05) is 13.7 Å². The molecule has 0 spiro atoms. The molecule has 1 aliphatic rings. The second kappa shape index (κ2) is 12.4. The second-order valence-corrected chi connectivity index (χ2v) is 7.86. The van der Waals surface area contributed by atoms with E-state index in [1.807, 2.05) is 6.92 Å². The lowest BCUT2D eigenvalue weighted by Gasteiger charge is -2.30. The van der Waals surface area contributed by atoms with Crippen LogP contribution in [-0.4, -0.2) is 54.8 Å². The van der Waals surface area contributed by atoms with Gasteiger partial charge >= 0.3 is 11.9 Å². The number of nitrogens with one attached hydrogen (secondary N) is 1. The van der Waals surface area contributed by atoms with Crippen molar-refractivity contribution < 1.29 is 33.3 Å². The Morgan fingerprint density at radius 2 is 2.06 bits per heavy atom. The first-order chi connectivity index (χ1) is 15.3. The number of nitrogens with zero attached hydrogens (tertiary/aromatic N) is 1. The fraction of sp³-hybridized carbons (Fsp3) is 0.652. The van der Waals surface area contributed by atoms with Crippen molar-refractivity contribution >= 4 is 17.8 Å². The summed E-state index contributed by atoms with van der Waals surface area (Å²) in [6.45, 7) is 7.56. The van der Waals surface area contributed by atoms with Crippen LogP contribution >= 0.6 is 0 Å². The highest BCUT2D eigenvalue weighted by molar-refractivity contribution is 5.98. The first-order valence-electron chi connectivity index (χ1n) is 11.2. The highest BCUT2D eigenvalue weighted by atomic mass is 16.6. The molecule has 0 aliphatic carbocycles. The van der Waals surface area contributed by atoms with Gasteiger partial charge in [-0.15, -0.1) is 0 Å². The third-order valence-electron chi connectivity index (χ3n) is 5.55. The lowest BCUT2D eigenvalue weighted by Crippen LogP contribution is -2.44. The smallest absolute Gasteiger partial charge is 0.329 e. The number of hydrogen-bond donors (Lipinski definition) is 1. The molecule has 4 atom stereocenters. The molecule has 2 heterocycles. The van der Waals surface area contributed by atoms with Gasteiger partial charge in [-0.3, -0.25) is 9.59 Å². The molecule has 32 heavy (non-hydrogen) atoms. The number of aromatic nitrogens is 1. The highest BCUT2D eigenvalue weighted by Gasteiger charge is 2.34. The Bertz CT molecular complexity index is 799. The van der Waals surface area contributed by atoms with Gasteiger partial charge in [-0.1, -0.05) is 26.7 Å². The van der Waals surface area contributed by atoms with E-state index in [4.69, 9.17) is 18.9 Å². The van der Waals surface area contributed by atoms with Crippen LogP contribution in [0.15, 0.2) is 12.3 Å². The Labute approximate surface area is 189 Å². The molecule has 1 aromatic rings. The number of hydrogen-bond acceptors (Lipinski definition) is 8. The number of methoxy groups -OCH3 is 1. The van der Waals surface area contributed by atoms with Crippen molar-refractivity contribution in [1.82, 2.24) is 10.3 Å². The molecular formula is C23H34N2O7. The van der Waals surface area contributed by atoms with Gasteiger partial charge in [-0.05, 0) is 19.8 Å². The largest absolute Gasteiger partial charge is 0.493 e. The van der Waals surface area contributed by atoms with Crippen molar-refractivity contribution in [1.29, 1.82) is 0 Å². The van der Waals surface area contributed by atoms with E-state index in [0.717, 1.165) is 25.7 Å². The van der Waals surface area contributed by atoms with Crippen molar-refractivity contribution in [2.24, 2.45) is 5.92 Å². The molecule has 9 nitrogen and oxygen atoms in total. The number of amides is 1. The summed E-state index contributed by atoms with van der Waals surface area (Å²) < 4.78 is 22.1. The fourth-order valence-corrected chi connectivity index (χ4v) is 3.87. The quantitative estimate of drug-likeness (QED) is 0.601. The molecule has 1 aliphatic heterocycles. The zero-order chi connectivity index (χ0) is 23.7. The highest BCUT2D eigenvalue weighted by Crippen LogP contribution is 2.30. The topological polar surface area (TPSA) is 113 Å². The average Bonchev–Trinajstić information content (AvgIpc) is 2.81. The summed E-state index contributed by atoms with van der Waals surface area (Å²) in [5.41, 5.74) is -0.159. The lowest BCUT2D eigenvalue weighted by molar-refractivity contribution is -0.154. The number of cyclic esters (lactones) is 1. The monoisotopic (exact) mass is 450 g/mol. The summed E-state index contributed by atoms with van der Waals surface area (Å²) in [7, 11) is 1.39. The summed E-state index contributed by atoms with van der Waals surface area (Å²) in [6.07, 6.45) is 5.03. The molecule has 0 saturated carbocycles. The third kappa shape index (κ3) is 6.66. The molecule has 2 rings (SSSR count). The predicted molar refractivity (Wildman–Crippen MR) is 117 cm³/mol. The van der Waals surface area contributed by atoms with Crippen LogP contribution in [0.4, 0.5) is 0 Å². The van der Waals surface area contributed by atoms with Crippen LogP contribution in [-0.2, 0) is 19.1 Å². The van der Waals surface area contributed by atoms with Crippen LogP contribution in [0, 0.1) is 5.92 Å². The molecule has 1 aromatic heterocycles. The van der Waals surface area contributed by atoms with Gasteiger partial charge in [0.05, 0.1) is 13.2 Å². The summed E-state index contributed by atoms with van der Waals surface area (Å²) in [6, 6.07) is 0.547. The summed E-state index contributed by atoms with van der Waals surface area (Å²) in [5.74, 6) is -1.66. The first kappa shape index (κ1) is 25.6. The second-order valence-electron chi connectivity index (χ2n) is 7.86. The van der Waals surface area contributed by atoms with Crippen LogP contribution in [0.1, 0.15) is 70.3 Å². The van der Waals surface area contributed by atoms with Gasteiger partial charge in [-0.2, -0.15) is 0 Å². The summed E-state index contributed by atoms with van der Waals surface area (Å²) in [5, 5.41) is 2.65. The molecule has 9 heteroatoms. The van der Waals surface area contributed by atoms with E-state index in [2.05, 4.69) is 24.1 Å². The molecule has 1 fully saturated rings. The molecule has 0 radical (unpaired) electrons. The van der Waals surface area contributed by atoms with Gasteiger partial charge in [0.15, 0.2) is 11.4 Å². The van der Waals surface area contributed by atoms with E-state index < -0.39 is 23.9 Å². The van der Waals surface area contributed by atoms with E-state index in [1.165, 1.54) is 26.3 Å². The van der Waals surface area contributed by atoms with E-state index >= 15 is 0 Å². The Hall–Kier alpha value is -2.68. The van der Waals surface area contributed by atoms with Crippen LogP contribution in [0.2, 0.25) is 0 Å². The van der Waals surface area contributed by atoms with Crippen molar-refractivity contribution in [3.05, 3.63) is 18.0 Å². The van der Waals surface area contributed by atoms with Crippen LogP contribution < -0.4 is 14.8 Å². The minimum absolute atomic E-state index is 0.0191. The SMILES string of the molecule is CCCC[C@H]1[C@H](C)OC(=O)[C@@H](NC(=O)c2nccc(OC)c2OC(C)=O)CCO[C@@H]1CC. The summed E-state index contributed by atoms with van der Waals surface area (Å²) in [4.78, 5) is 41.3. The van der Waals surface area contributed by atoms with Crippen LogP contribution in [0.3, 0.4) is 0 Å². The Morgan fingerprint density at radius 3 is 2.69 bits per heavy atom. The van der Waals surface area contributed by atoms with Gasteiger partial charge < -0.3 is 24.3 Å². The number of unbranched alkanes of at least 4 members (excludes halogenated alkanes) is 1. The van der Waals surface area contributed by atoms with E-state index in [-0.39, 0.29) is 41.7 Å². The minimum atomic E-state index is -0.925. The van der Waals surface area contributed by atoms with Crippen LogP contribution in [0.25, 0.3) is 0 Å². The number of carbonyl (C=O) groups is 3. The zero-order valence-corrected chi connectivity index (χ0v) is 19.5. The van der Waals surface area contributed by atoms with Gasteiger partial charge in [-0.25, -0.2) is 9.78 Å². The average molecular weight is 451 g/mol. The standard InChI is InChI=1S/C23H34N2O7/c1-6-8-9-16-14(3)31-23(28)17(11-13-30-18(16)7-2)25-22(27)20-21(32-15(4)26)19(29-5)10-12-24-20/h10,12,14,16-18H,6-9,11,13H2,1-5H3,(H,25,27)/t14-,16-,17-,18+/m0/s1. The van der Waals surface area contributed by atoms with E-state index in [9.17, 15) is 14.4 Å². The molecule has 0 bridgehead atoms. The number of rotatable bonds is 8. The van der Waals surface area contributed by atoms with E-state index in [1.54, 1.807) is 0 Å². The maximum absolute atomic E-state index is 13.0. The Balaban J connectivity index is 2.21. The van der Waals surface area contributed by atoms with Gasteiger partial charge in [0, 0.05) is 38.1 Å². The maximum Gasteiger partial charge on any atom is 0.329 e. The van der Waals surface area contributed by atoms with Gasteiger partial charge in [0.25, 0.3) is 5.91 Å². The first-order valence-corrected chi connectivity index (χ1v) is 11.2. The van der Waals surface area contributed by atoms with E-state index in [0.29, 0.717) is 6.61 Å². The van der Waals surface area contributed by atoms with Crippen molar-refractivity contribution in [3.63, 3.8) is 0 Å². The molecular weight excluding hydrogens is 416 g/mol. The van der Waals surface area contributed by atoms with Crippen LogP contribution in [0.5, 0.6) is 11.5 Å². The third-order valence-corrected chi connectivity index (χ3v) is 5.55. The Morgan fingerprint density at radius 1 is 1.31 bits per heavy atom. The van der Waals surface area contributed by atoms with Gasteiger partial charge in [0.2, 0.25) is 5.75 Å². The molecule has 1 N–H and O–H groups in total. The van der Waals surface area contributed by atoms with Crippen molar-refractivity contribution in [2.45, 2.75) is 78.0 Å². The molecule has 1 saturated heterocycles. The summed E-state index contributed by atoms with van der Waals surface area (Å²) >= 11 is 0. The molecule has 0 aromatic carbocycles. The number of esters is 2. The predicted octanol–water partition coefficient (Wildman–Crippen LogP) is 3.05. The number of pyridine rings is 1. The lowest BCUT2D eigenvalue weighted by atomic mass is 9.89.